The lowest BCUT2D eigenvalue weighted by Gasteiger charge is -2.15. The first-order valence-corrected chi connectivity index (χ1v) is 21.2. The number of aliphatic hydroxyl groups is 1. The Morgan fingerprint density at radius 1 is 0.460 bits per heavy atom. The first-order valence-electron chi connectivity index (χ1n) is 21.2. The van der Waals surface area contributed by atoms with Gasteiger partial charge in [0.15, 0.2) is 6.10 Å². The molecule has 5 heteroatoms. The van der Waals surface area contributed by atoms with Crippen LogP contribution in [-0.4, -0.2) is 36.4 Å². The van der Waals surface area contributed by atoms with Crippen molar-refractivity contribution in [1.29, 1.82) is 0 Å². The Morgan fingerprint density at radius 2 is 0.800 bits per heavy atom. The number of hydrogen-bond acceptors (Lipinski definition) is 5. The van der Waals surface area contributed by atoms with Crippen LogP contribution in [0.2, 0.25) is 0 Å². The fraction of sp³-hybridized carbons (Fsp3) is 0.778. The highest BCUT2D eigenvalue weighted by atomic mass is 16.6. The van der Waals surface area contributed by atoms with Gasteiger partial charge in [-0.1, -0.05) is 165 Å². The zero-order chi connectivity index (χ0) is 36.4. The predicted octanol–water partition coefficient (Wildman–Crippen LogP) is 13.4. The van der Waals surface area contributed by atoms with Crippen LogP contribution in [0.1, 0.15) is 206 Å². The van der Waals surface area contributed by atoms with Gasteiger partial charge >= 0.3 is 11.9 Å². The molecular formula is C45H80O5. The van der Waals surface area contributed by atoms with Gasteiger partial charge in [-0.2, -0.15) is 0 Å². The number of rotatable bonds is 38. The molecule has 0 aromatic heterocycles. The van der Waals surface area contributed by atoms with E-state index in [0.717, 1.165) is 57.8 Å². The molecule has 0 saturated heterocycles. The van der Waals surface area contributed by atoms with E-state index < -0.39 is 6.10 Å². The van der Waals surface area contributed by atoms with Gasteiger partial charge in [0.1, 0.15) is 6.61 Å². The molecule has 0 radical (unpaired) electrons. The number of carbonyl (C=O) groups excluding carboxylic acids is 2. The third-order valence-electron chi connectivity index (χ3n) is 9.10. The Morgan fingerprint density at radius 3 is 1.18 bits per heavy atom. The van der Waals surface area contributed by atoms with Gasteiger partial charge in [0.05, 0.1) is 6.61 Å². The average Bonchev–Trinajstić information content (AvgIpc) is 3.12. The lowest BCUT2D eigenvalue weighted by Crippen LogP contribution is -2.28. The van der Waals surface area contributed by atoms with E-state index in [1.807, 2.05) is 0 Å². The van der Waals surface area contributed by atoms with E-state index in [9.17, 15) is 14.7 Å². The Balaban J connectivity index is 3.56. The smallest absolute Gasteiger partial charge is 0.306 e. The van der Waals surface area contributed by atoms with Crippen molar-refractivity contribution in [2.45, 2.75) is 213 Å². The molecule has 0 unspecified atom stereocenters. The minimum Gasteiger partial charge on any atom is -0.462 e. The van der Waals surface area contributed by atoms with Gasteiger partial charge in [0.25, 0.3) is 0 Å². The first kappa shape index (κ1) is 47.9. The Hall–Kier alpha value is -2.14. The van der Waals surface area contributed by atoms with Crippen LogP contribution in [0.3, 0.4) is 0 Å². The number of allylic oxidation sites excluding steroid dienone is 8. The summed E-state index contributed by atoms with van der Waals surface area (Å²) in [6.45, 7) is 4.08. The maximum absolute atomic E-state index is 12.2. The SMILES string of the molecule is CCCCC/C=C/C/C=C/CCCCCCCCCCCC(=O)O[C@@H](CO)COC(=O)CCCCCCCCC/C=C/C/C=C/CCCCC. The summed E-state index contributed by atoms with van der Waals surface area (Å²) in [7, 11) is 0. The fourth-order valence-corrected chi connectivity index (χ4v) is 5.85. The molecule has 1 N–H and O–H groups in total. The quantitative estimate of drug-likeness (QED) is 0.0394. The minimum atomic E-state index is -0.777. The van der Waals surface area contributed by atoms with Crippen molar-refractivity contribution in [1.82, 2.24) is 0 Å². The van der Waals surface area contributed by atoms with Crippen molar-refractivity contribution in [3.63, 3.8) is 0 Å². The summed E-state index contributed by atoms with van der Waals surface area (Å²) in [5.41, 5.74) is 0. The highest BCUT2D eigenvalue weighted by molar-refractivity contribution is 5.70. The lowest BCUT2D eigenvalue weighted by molar-refractivity contribution is -0.161. The van der Waals surface area contributed by atoms with E-state index in [-0.39, 0.29) is 25.2 Å². The molecule has 0 rings (SSSR count). The van der Waals surface area contributed by atoms with Crippen molar-refractivity contribution < 1.29 is 24.2 Å². The number of hydrogen-bond donors (Lipinski definition) is 1. The van der Waals surface area contributed by atoms with Gasteiger partial charge in [-0.3, -0.25) is 9.59 Å². The number of esters is 2. The lowest BCUT2D eigenvalue weighted by atomic mass is 10.1. The summed E-state index contributed by atoms with van der Waals surface area (Å²) >= 11 is 0. The maximum Gasteiger partial charge on any atom is 0.306 e. The molecule has 290 valence electrons. The van der Waals surface area contributed by atoms with Crippen molar-refractivity contribution in [2.75, 3.05) is 13.2 Å². The summed E-state index contributed by atoms with van der Waals surface area (Å²) in [6, 6.07) is 0. The van der Waals surface area contributed by atoms with E-state index in [0.29, 0.717) is 12.8 Å². The molecule has 50 heavy (non-hydrogen) atoms. The summed E-state index contributed by atoms with van der Waals surface area (Å²) in [4.78, 5) is 24.3. The zero-order valence-electron chi connectivity index (χ0n) is 32.9. The summed E-state index contributed by atoms with van der Waals surface area (Å²) < 4.78 is 10.6. The molecule has 0 aliphatic carbocycles. The van der Waals surface area contributed by atoms with E-state index in [1.54, 1.807) is 0 Å². The molecule has 0 bridgehead atoms. The van der Waals surface area contributed by atoms with Gasteiger partial charge in [-0.25, -0.2) is 0 Å². The fourth-order valence-electron chi connectivity index (χ4n) is 5.85. The molecular weight excluding hydrogens is 620 g/mol. The van der Waals surface area contributed by atoms with Crippen LogP contribution >= 0.6 is 0 Å². The number of carbonyl (C=O) groups is 2. The molecule has 0 aliphatic heterocycles. The van der Waals surface area contributed by atoms with Gasteiger partial charge in [-0.15, -0.1) is 0 Å². The molecule has 0 aromatic carbocycles. The van der Waals surface area contributed by atoms with Crippen LogP contribution in [0.5, 0.6) is 0 Å². The van der Waals surface area contributed by atoms with Gasteiger partial charge in [-0.05, 0) is 77.0 Å². The Bertz CT molecular complexity index is 842. The van der Waals surface area contributed by atoms with E-state index in [1.165, 1.54) is 122 Å². The topological polar surface area (TPSA) is 72.8 Å². The standard InChI is InChI=1S/C45H80O5/c1-3-5-7-9-11-13-15-17-19-21-22-24-26-28-30-32-34-36-38-40-45(48)50-43(41-46)42-49-44(47)39-37-35-33-31-29-27-25-23-20-18-16-14-12-10-8-6-4-2/h11-14,17-20,43,46H,3-10,15-16,21-42H2,1-2H3/b13-11+,14-12+,19-17+,20-18+/t43-/m0/s1. The van der Waals surface area contributed by atoms with Gasteiger partial charge in [0, 0.05) is 12.8 Å². The molecule has 0 heterocycles. The number of aliphatic hydroxyl groups excluding tert-OH is 1. The molecule has 0 aromatic rings. The maximum atomic E-state index is 12.2. The molecule has 0 fully saturated rings. The van der Waals surface area contributed by atoms with Crippen molar-refractivity contribution in [3.05, 3.63) is 48.6 Å². The third-order valence-corrected chi connectivity index (χ3v) is 9.10. The highest BCUT2D eigenvalue weighted by Crippen LogP contribution is 2.14. The summed E-state index contributed by atoms with van der Waals surface area (Å²) in [5, 5.41) is 9.57. The van der Waals surface area contributed by atoms with Crippen LogP contribution in [-0.2, 0) is 19.1 Å². The largest absolute Gasteiger partial charge is 0.462 e. The van der Waals surface area contributed by atoms with E-state index in [4.69, 9.17) is 9.47 Å². The second kappa shape index (κ2) is 41.3. The normalized spacial score (nSPS) is 12.6. The molecule has 0 aliphatic rings. The van der Waals surface area contributed by atoms with Crippen LogP contribution in [0.15, 0.2) is 48.6 Å². The van der Waals surface area contributed by atoms with E-state index >= 15 is 0 Å². The third kappa shape index (κ3) is 38.7. The van der Waals surface area contributed by atoms with Crippen LogP contribution in [0.4, 0.5) is 0 Å². The van der Waals surface area contributed by atoms with Gasteiger partial charge < -0.3 is 14.6 Å². The predicted molar refractivity (Wildman–Crippen MR) is 214 cm³/mol. The Labute approximate surface area is 309 Å². The second-order valence-electron chi connectivity index (χ2n) is 14.1. The second-order valence-corrected chi connectivity index (χ2v) is 14.1. The monoisotopic (exact) mass is 701 g/mol. The van der Waals surface area contributed by atoms with Crippen LogP contribution in [0.25, 0.3) is 0 Å². The van der Waals surface area contributed by atoms with Crippen LogP contribution < -0.4 is 0 Å². The molecule has 0 amide bonds. The number of ether oxygens (including phenoxy) is 2. The number of unbranched alkanes of at least 4 members (excludes halogenated alkanes) is 22. The van der Waals surface area contributed by atoms with Crippen molar-refractivity contribution >= 4 is 11.9 Å². The van der Waals surface area contributed by atoms with Crippen molar-refractivity contribution in [3.8, 4) is 0 Å². The van der Waals surface area contributed by atoms with Gasteiger partial charge in [0.2, 0.25) is 0 Å². The zero-order valence-corrected chi connectivity index (χ0v) is 32.9. The summed E-state index contributed by atoms with van der Waals surface area (Å²) in [5.74, 6) is -0.603. The molecule has 0 spiro atoms. The minimum absolute atomic E-state index is 0.0718. The highest BCUT2D eigenvalue weighted by Gasteiger charge is 2.16. The average molecular weight is 701 g/mol. The molecule has 0 saturated carbocycles. The summed E-state index contributed by atoms with van der Waals surface area (Å²) in [6.07, 6.45) is 51.7. The van der Waals surface area contributed by atoms with Crippen LogP contribution in [0, 0.1) is 0 Å². The molecule has 5 nitrogen and oxygen atoms in total. The van der Waals surface area contributed by atoms with Crippen molar-refractivity contribution in [2.24, 2.45) is 0 Å². The Kier molecular flexibility index (Phi) is 39.5. The molecule has 1 atom stereocenters. The first-order chi connectivity index (χ1) is 24.6. The van der Waals surface area contributed by atoms with E-state index in [2.05, 4.69) is 62.5 Å².